The Labute approximate surface area is 111 Å². The van der Waals surface area contributed by atoms with Crippen molar-refractivity contribution in [3.8, 4) is 0 Å². The second-order valence-corrected chi connectivity index (χ2v) is 4.40. The summed E-state index contributed by atoms with van der Waals surface area (Å²) in [6.45, 7) is 5.30. The van der Waals surface area contributed by atoms with Crippen LogP contribution in [-0.2, 0) is 0 Å². The highest BCUT2D eigenvalue weighted by Crippen LogP contribution is 2.19. The lowest BCUT2D eigenvalue weighted by Gasteiger charge is -2.12. The number of nitrogens with zero attached hydrogens (tertiary/aromatic N) is 3. The van der Waals surface area contributed by atoms with E-state index >= 15 is 0 Å². The van der Waals surface area contributed by atoms with Gasteiger partial charge in [-0.3, -0.25) is 5.10 Å². The van der Waals surface area contributed by atoms with E-state index in [1.807, 2.05) is 6.92 Å². The summed E-state index contributed by atoms with van der Waals surface area (Å²) in [5.41, 5.74) is 0.682. The van der Waals surface area contributed by atoms with Crippen molar-refractivity contribution in [3.05, 3.63) is 6.20 Å². The van der Waals surface area contributed by atoms with Gasteiger partial charge in [-0.2, -0.15) is 15.1 Å². The number of aromatic nitrogens is 4. The van der Waals surface area contributed by atoms with Crippen LogP contribution in [-0.4, -0.2) is 44.5 Å². The minimum Gasteiger partial charge on any atom is -0.391 e. The first-order valence-corrected chi connectivity index (χ1v) is 6.61. The minimum atomic E-state index is -0.385. The van der Waals surface area contributed by atoms with E-state index in [2.05, 4.69) is 37.7 Å². The lowest BCUT2D eigenvalue weighted by molar-refractivity contribution is 0.183. The van der Waals surface area contributed by atoms with Crippen molar-refractivity contribution in [2.75, 3.05) is 23.7 Å². The third-order valence-corrected chi connectivity index (χ3v) is 2.82. The molecule has 4 N–H and O–H groups in total. The molecule has 0 spiro atoms. The van der Waals surface area contributed by atoms with Gasteiger partial charge in [0.25, 0.3) is 0 Å². The molecular weight excluding hydrogens is 244 g/mol. The summed E-state index contributed by atoms with van der Waals surface area (Å²) >= 11 is 0. The Morgan fingerprint density at radius 2 is 2.16 bits per heavy atom. The molecule has 0 saturated carbocycles. The predicted octanol–water partition coefficient (Wildman–Crippen LogP) is 1.36. The van der Waals surface area contributed by atoms with Gasteiger partial charge in [-0.1, -0.05) is 13.8 Å². The van der Waals surface area contributed by atoms with E-state index in [0.29, 0.717) is 30.4 Å². The van der Waals surface area contributed by atoms with Crippen LogP contribution in [0.25, 0.3) is 11.0 Å². The average Bonchev–Trinajstić information content (AvgIpc) is 2.90. The Bertz CT molecular complexity index is 526. The Morgan fingerprint density at radius 1 is 1.32 bits per heavy atom. The van der Waals surface area contributed by atoms with E-state index in [9.17, 15) is 5.11 Å². The van der Waals surface area contributed by atoms with Crippen LogP contribution in [0, 0.1) is 0 Å². The SMILES string of the molecule is CCCNc1nc(NCC(O)CC)c2cn[nH]c2n1. The highest BCUT2D eigenvalue weighted by Gasteiger charge is 2.10. The third-order valence-electron chi connectivity index (χ3n) is 2.82. The molecule has 2 rings (SSSR count). The zero-order valence-corrected chi connectivity index (χ0v) is 11.3. The highest BCUT2D eigenvalue weighted by molar-refractivity contribution is 5.86. The molecule has 19 heavy (non-hydrogen) atoms. The number of H-pyrrole nitrogens is 1. The molecule has 7 nitrogen and oxygen atoms in total. The molecule has 0 radical (unpaired) electrons. The maximum atomic E-state index is 9.61. The van der Waals surface area contributed by atoms with Crippen molar-refractivity contribution in [2.24, 2.45) is 0 Å². The maximum Gasteiger partial charge on any atom is 0.226 e. The van der Waals surface area contributed by atoms with Crippen LogP contribution in [0.2, 0.25) is 0 Å². The molecule has 2 heterocycles. The Kier molecular flexibility index (Phi) is 4.51. The van der Waals surface area contributed by atoms with E-state index in [4.69, 9.17) is 0 Å². The van der Waals surface area contributed by atoms with Gasteiger partial charge < -0.3 is 15.7 Å². The van der Waals surface area contributed by atoms with Gasteiger partial charge in [0.15, 0.2) is 5.65 Å². The summed E-state index contributed by atoms with van der Waals surface area (Å²) in [6, 6.07) is 0. The Balaban J connectivity index is 2.21. The molecule has 0 aromatic carbocycles. The first-order chi connectivity index (χ1) is 9.24. The zero-order chi connectivity index (χ0) is 13.7. The standard InChI is InChI=1S/C12H20N6O/c1-3-5-13-12-16-10(14-6-8(19)4-2)9-7-15-18-11(9)17-12/h7-8,19H,3-6H2,1-2H3,(H3,13,14,15,16,17,18). The van der Waals surface area contributed by atoms with Gasteiger partial charge in [-0.05, 0) is 12.8 Å². The zero-order valence-electron chi connectivity index (χ0n) is 11.3. The molecule has 0 aliphatic carbocycles. The molecule has 2 aromatic rings. The summed E-state index contributed by atoms with van der Waals surface area (Å²) < 4.78 is 0. The average molecular weight is 264 g/mol. The van der Waals surface area contributed by atoms with Crippen LogP contribution >= 0.6 is 0 Å². The van der Waals surface area contributed by atoms with Gasteiger partial charge in [0.1, 0.15) is 5.82 Å². The smallest absolute Gasteiger partial charge is 0.226 e. The van der Waals surface area contributed by atoms with Gasteiger partial charge in [0.2, 0.25) is 5.95 Å². The number of rotatable bonds is 7. The summed E-state index contributed by atoms with van der Waals surface area (Å²) in [5.74, 6) is 1.25. The molecule has 1 unspecified atom stereocenters. The number of hydrogen-bond acceptors (Lipinski definition) is 6. The predicted molar refractivity (Wildman–Crippen MR) is 75.3 cm³/mol. The third kappa shape index (κ3) is 3.31. The molecule has 0 amide bonds. The number of aliphatic hydroxyl groups is 1. The van der Waals surface area contributed by atoms with Crippen molar-refractivity contribution < 1.29 is 5.11 Å². The molecule has 104 valence electrons. The molecular formula is C12H20N6O. The lowest BCUT2D eigenvalue weighted by Crippen LogP contribution is -2.19. The van der Waals surface area contributed by atoms with Crippen LogP contribution < -0.4 is 10.6 Å². The second-order valence-electron chi connectivity index (χ2n) is 4.40. The number of aliphatic hydroxyl groups excluding tert-OH is 1. The number of hydrogen-bond donors (Lipinski definition) is 4. The fourth-order valence-electron chi connectivity index (χ4n) is 1.64. The molecule has 0 bridgehead atoms. The molecule has 0 fully saturated rings. The van der Waals surface area contributed by atoms with Crippen LogP contribution in [0.1, 0.15) is 26.7 Å². The van der Waals surface area contributed by atoms with Gasteiger partial charge in [-0.15, -0.1) is 0 Å². The Morgan fingerprint density at radius 3 is 2.89 bits per heavy atom. The van der Waals surface area contributed by atoms with Gasteiger partial charge in [0, 0.05) is 13.1 Å². The molecule has 0 aliphatic heterocycles. The Hall–Kier alpha value is -1.89. The first kappa shape index (κ1) is 13.5. The van der Waals surface area contributed by atoms with Crippen LogP contribution in [0.5, 0.6) is 0 Å². The molecule has 2 aromatic heterocycles. The van der Waals surface area contributed by atoms with E-state index in [1.54, 1.807) is 6.20 Å². The van der Waals surface area contributed by atoms with Crippen molar-refractivity contribution >= 4 is 22.8 Å². The molecule has 1 atom stereocenters. The van der Waals surface area contributed by atoms with E-state index < -0.39 is 0 Å². The summed E-state index contributed by atoms with van der Waals surface area (Å²) in [6.07, 6.45) is 3.00. The van der Waals surface area contributed by atoms with Crippen LogP contribution in [0.4, 0.5) is 11.8 Å². The quantitative estimate of drug-likeness (QED) is 0.602. The normalized spacial score (nSPS) is 12.6. The van der Waals surface area contributed by atoms with Crippen molar-refractivity contribution in [1.82, 2.24) is 20.2 Å². The largest absolute Gasteiger partial charge is 0.391 e. The van der Waals surface area contributed by atoms with Crippen molar-refractivity contribution in [3.63, 3.8) is 0 Å². The van der Waals surface area contributed by atoms with Gasteiger partial charge in [-0.25, -0.2) is 0 Å². The number of fused-ring (bicyclic) bond motifs is 1. The van der Waals surface area contributed by atoms with Gasteiger partial charge in [0.05, 0.1) is 17.7 Å². The van der Waals surface area contributed by atoms with Crippen molar-refractivity contribution in [1.29, 1.82) is 0 Å². The fourth-order valence-corrected chi connectivity index (χ4v) is 1.64. The summed E-state index contributed by atoms with van der Waals surface area (Å²) in [5, 5.41) is 23.5. The first-order valence-electron chi connectivity index (χ1n) is 6.61. The summed E-state index contributed by atoms with van der Waals surface area (Å²) in [4.78, 5) is 8.75. The topological polar surface area (TPSA) is 98.8 Å². The summed E-state index contributed by atoms with van der Waals surface area (Å²) in [7, 11) is 0. The number of anilines is 2. The number of nitrogens with one attached hydrogen (secondary N) is 3. The lowest BCUT2D eigenvalue weighted by atomic mass is 10.3. The fraction of sp³-hybridized carbons (Fsp3) is 0.583. The maximum absolute atomic E-state index is 9.61. The monoisotopic (exact) mass is 264 g/mol. The second kappa shape index (κ2) is 6.33. The van der Waals surface area contributed by atoms with Gasteiger partial charge >= 0.3 is 0 Å². The van der Waals surface area contributed by atoms with E-state index in [-0.39, 0.29) is 6.10 Å². The molecule has 0 saturated heterocycles. The van der Waals surface area contributed by atoms with E-state index in [0.717, 1.165) is 18.4 Å². The van der Waals surface area contributed by atoms with E-state index in [1.165, 1.54) is 0 Å². The minimum absolute atomic E-state index is 0.385. The molecule has 7 heteroatoms. The van der Waals surface area contributed by atoms with Crippen LogP contribution in [0.15, 0.2) is 6.20 Å². The van der Waals surface area contributed by atoms with Crippen LogP contribution in [0.3, 0.4) is 0 Å². The molecule has 0 aliphatic rings. The number of aromatic amines is 1. The van der Waals surface area contributed by atoms with Crippen molar-refractivity contribution in [2.45, 2.75) is 32.8 Å². The highest BCUT2D eigenvalue weighted by atomic mass is 16.3.